The van der Waals surface area contributed by atoms with Gasteiger partial charge in [0.25, 0.3) is 0 Å². The van der Waals surface area contributed by atoms with Crippen LogP contribution in [0.15, 0.2) is 18.3 Å². The average molecular weight is 224 g/mol. The topological polar surface area (TPSA) is 34.1 Å². The van der Waals surface area contributed by atoms with Gasteiger partial charge in [-0.05, 0) is 30.8 Å². The van der Waals surface area contributed by atoms with E-state index in [1.807, 2.05) is 12.1 Å². The van der Waals surface area contributed by atoms with Gasteiger partial charge in [0.15, 0.2) is 0 Å². The Morgan fingerprint density at radius 3 is 3.13 bits per heavy atom. The van der Waals surface area contributed by atoms with Crippen molar-refractivity contribution in [3.8, 4) is 5.88 Å². The molecular weight excluding hydrogens is 207 g/mol. The maximum Gasteiger partial charge on any atom is 0.213 e. The zero-order valence-electron chi connectivity index (χ0n) is 8.78. The predicted octanol–water partition coefficient (Wildman–Crippen LogP) is 0.960. The zero-order chi connectivity index (χ0) is 10.5. The lowest BCUT2D eigenvalue weighted by molar-refractivity contribution is 0.212. The van der Waals surface area contributed by atoms with Gasteiger partial charge in [-0.25, -0.2) is 4.98 Å². The first-order valence-corrected chi connectivity index (χ1v) is 5.97. The molecule has 1 aliphatic heterocycles. The van der Waals surface area contributed by atoms with Crippen LogP contribution in [0.1, 0.15) is 12.8 Å². The molecule has 1 aliphatic rings. The largest absolute Gasteiger partial charge is 0.477 e. The summed E-state index contributed by atoms with van der Waals surface area (Å²) < 4.78 is 5.64. The highest BCUT2D eigenvalue weighted by Gasteiger charge is 2.13. The molecule has 1 saturated heterocycles. The van der Waals surface area contributed by atoms with Crippen LogP contribution in [0, 0.1) is 5.92 Å². The molecule has 2 rings (SSSR count). The van der Waals surface area contributed by atoms with Crippen LogP contribution in [0.2, 0.25) is 0 Å². The molecule has 1 aromatic rings. The molecule has 1 aromatic heterocycles. The summed E-state index contributed by atoms with van der Waals surface area (Å²) in [6, 6.07) is 3.91. The highest BCUT2D eigenvalue weighted by Crippen LogP contribution is 2.12. The van der Waals surface area contributed by atoms with Crippen molar-refractivity contribution in [1.29, 1.82) is 0 Å². The summed E-state index contributed by atoms with van der Waals surface area (Å²) in [5, 5.41) is 4.46. The number of nitrogens with zero attached hydrogens (tertiary/aromatic N) is 1. The molecule has 0 spiro atoms. The van der Waals surface area contributed by atoms with Crippen LogP contribution in [0.5, 0.6) is 5.88 Å². The summed E-state index contributed by atoms with van der Waals surface area (Å²) in [5.41, 5.74) is 0. The van der Waals surface area contributed by atoms with Crippen molar-refractivity contribution < 1.29 is 4.74 Å². The molecule has 0 radical (unpaired) electrons. The lowest BCUT2D eigenvalue weighted by Gasteiger charge is -2.22. The second kappa shape index (κ2) is 5.43. The monoisotopic (exact) mass is 224 g/mol. The number of piperidine rings is 1. The molecule has 2 heterocycles. The van der Waals surface area contributed by atoms with Crippen LogP contribution in [0.3, 0.4) is 0 Å². The fraction of sp³-hybridized carbons (Fsp3) is 0.545. The number of pyridine rings is 1. The van der Waals surface area contributed by atoms with E-state index in [2.05, 4.69) is 19.5 Å². The van der Waals surface area contributed by atoms with Crippen LogP contribution in [-0.2, 0) is 0 Å². The highest BCUT2D eigenvalue weighted by molar-refractivity contribution is 7.27. The first-order chi connectivity index (χ1) is 7.34. The number of aromatic nitrogens is 1. The van der Waals surface area contributed by atoms with Crippen molar-refractivity contribution in [3.05, 3.63) is 18.3 Å². The summed E-state index contributed by atoms with van der Waals surface area (Å²) in [4.78, 5) is 4.20. The molecule has 3 nitrogen and oxygen atoms in total. The average Bonchev–Trinajstić information content (AvgIpc) is 2.30. The van der Waals surface area contributed by atoms with E-state index in [-0.39, 0.29) is 0 Å². The van der Waals surface area contributed by atoms with Gasteiger partial charge in [-0.3, -0.25) is 0 Å². The summed E-state index contributed by atoms with van der Waals surface area (Å²) >= 11 is 0. The Balaban J connectivity index is 1.79. The highest BCUT2D eigenvalue weighted by atomic mass is 31.0. The second-order valence-corrected chi connectivity index (χ2v) is 4.62. The second-order valence-electron chi connectivity index (χ2n) is 3.95. The van der Waals surface area contributed by atoms with Crippen molar-refractivity contribution >= 4 is 14.5 Å². The molecule has 2 unspecified atom stereocenters. The lowest BCUT2D eigenvalue weighted by Crippen LogP contribution is -2.33. The van der Waals surface area contributed by atoms with E-state index in [9.17, 15) is 0 Å². The third-order valence-corrected chi connectivity index (χ3v) is 2.97. The van der Waals surface area contributed by atoms with Crippen molar-refractivity contribution in [1.82, 2.24) is 10.3 Å². The van der Waals surface area contributed by atoms with Gasteiger partial charge in [0.2, 0.25) is 5.88 Å². The number of hydrogen-bond donors (Lipinski definition) is 1. The quantitative estimate of drug-likeness (QED) is 0.776. The third-order valence-electron chi connectivity index (χ3n) is 2.63. The van der Waals surface area contributed by atoms with Gasteiger partial charge in [-0.2, -0.15) is 0 Å². The van der Waals surface area contributed by atoms with Gasteiger partial charge in [-0.15, -0.1) is 9.24 Å². The Morgan fingerprint density at radius 2 is 2.47 bits per heavy atom. The van der Waals surface area contributed by atoms with Gasteiger partial charge < -0.3 is 10.1 Å². The van der Waals surface area contributed by atoms with E-state index in [4.69, 9.17) is 4.74 Å². The van der Waals surface area contributed by atoms with Crippen LogP contribution in [-0.4, -0.2) is 24.7 Å². The van der Waals surface area contributed by atoms with Crippen molar-refractivity contribution in [2.45, 2.75) is 12.8 Å². The normalized spacial score (nSPS) is 21.3. The maximum atomic E-state index is 5.64. The van der Waals surface area contributed by atoms with E-state index < -0.39 is 0 Å². The molecule has 0 bridgehead atoms. The summed E-state index contributed by atoms with van der Waals surface area (Å²) in [7, 11) is 2.61. The molecule has 4 heteroatoms. The number of ether oxygens (including phenoxy) is 1. The van der Waals surface area contributed by atoms with E-state index in [0.717, 1.165) is 30.9 Å². The molecule has 0 aliphatic carbocycles. The summed E-state index contributed by atoms with van der Waals surface area (Å²) in [6.45, 7) is 2.99. The molecule has 15 heavy (non-hydrogen) atoms. The third kappa shape index (κ3) is 3.44. The fourth-order valence-corrected chi connectivity index (χ4v) is 1.92. The molecular formula is C11H17N2OP. The fourth-order valence-electron chi connectivity index (χ4n) is 1.75. The van der Waals surface area contributed by atoms with E-state index >= 15 is 0 Å². The minimum absolute atomic E-state index is 0.635. The molecule has 0 saturated carbocycles. The van der Waals surface area contributed by atoms with Crippen molar-refractivity contribution in [2.75, 3.05) is 19.7 Å². The Labute approximate surface area is 92.8 Å². The molecule has 0 amide bonds. The van der Waals surface area contributed by atoms with Gasteiger partial charge >= 0.3 is 0 Å². The lowest BCUT2D eigenvalue weighted by atomic mass is 10.0. The summed E-state index contributed by atoms with van der Waals surface area (Å²) in [6.07, 6.45) is 4.32. The van der Waals surface area contributed by atoms with Crippen LogP contribution in [0.25, 0.3) is 0 Å². The van der Waals surface area contributed by atoms with Crippen LogP contribution in [0.4, 0.5) is 0 Å². The van der Waals surface area contributed by atoms with Crippen molar-refractivity contribution in [3.63, 3.8) is 0 Å². The smallest absolute Gasteiger partial charge is 0.213 e. The standard InChI is InChI=1S/C11H17N2OP/c15-10-3-4-11(13-7-10)14-8-9-2-1-5-12-6-9/h3-4,7,9,12H,1-2,5-6,8,15H2. The van der Waals surface area contributed by atoms with Gasteiger partial charge in [0.1, 0.15) is 0 Å². The molecule has 0 aromatic carbocycles. The maximum absolute atomic E-state index is 5.64. The van der Waals surface area contributed by atoms with Gasteiger partial charge in [-0.1, -0.05) is 0 Å². The first-order valence-electron chi connectivity index (χ1n) is 5.39. The molecule has 82 valence electrons. The Kier molecular flexibility index (Phi) is 3.93. The molecule has 1 fully saturated rings. The Hall–Kier alpha value is -0.660. The number of nitrogens with one attached hydrogen (secondary N) is 1. The molecule has 1 N–H and O–H groups in total. The summed E-state index contributed by atoms with van der Waals surface area (Å²) in [5.74, 6) is 1.36. The van der Waals surface area contributed by atoms with E-state index in [0.29, 0.717) is 5.92 Å². The van der Waals surface area contributed by atoms with E-state index in [1.165, 1.54) is 12.8 Å². The number of rotatable bonds is 3. The van der Waals surface area contributed by atoms with Crippen LogP contribution < -0.4 is 15.4 Å². The minimum Gasteiger partial charge on any atom is -0.477 e. The Bertz CT molecular complexity index is 296. The van der Waals surface area contributed by atoms with Crippen LogP contribution >= 0.6 is 9.24 Å². The first kappa shape index (κ1) is 10.8. The van der Waals surface area contributed by atoms with Gasteiger partial charge in [0, 0.05) is 24.7 Å². The van der Waals surface area contributed by atoms with Gasteiger partial charge in [0.05, 0.1) is 6.61 Å². The minimum atomic E-state index is 0.635. The van der Waals surface area contributed by atoms with Crippen molar-refractivity contribution in [2.24, 2.45) is 5.92 Å². The van der Waals surface area contributed by atoms with E-state index in [1.54, 1.807) is 6.20 Å². The predicted molar refractivity (Wildman–Crippen MR) is 64.7 cm³/mol. The molecule has 2 atom stereocenters. The Morgan fingerprint density at radius 1 is 1.53 bits per heavy atom. The SMILES string of the molecule is Pc1ccc(OCC2CCCNC2)nc1. The number of hydrogen-bond acceptors (Lipinski definition) is 3. The zero-order valence-corrected chi connectivity index (χ0v) is 9.93.